The first-order valence-corrected chi connectivity index (χ1v) is 7.49. The maximum absolute atomic E-state index is 5.57. The molecule has 0 atom stereocenters. The first-order chi connectivity index (χ1) is 9.31. The number of aryl methyl sites for hydroxylation is 3. The summed E-state index contributed by atoms with van der Waals surface area (Å²) in [5.41, 5.74) is 9.36. The molecule has 0 fully saturated rings. The Balaban J connectivity index is 1.99. The van der Waals surface area contributed by atoms with Crippen LogP contribution in [0.1, 0.15) is 21.9 Å². The van der Waals surface area contributed by atoms with Gasteiger partial charge in [0.15, 0.2) is 0 Å². The molecule has 1 aliphatic rings. The molecule has 1 aromatic heterocycles. The van der Waals surface area contributed by atoms with Crippen molar-refractivity contribution < 1.29 is 4.74 Å². The van der Waals surface area contributed by atoms with Crippen LogP contribution in [0.3, 0.4) is 0 Å². The summed E-state index contributed by atoms with van der Waals surface area (Å²) in [5.74, 6) is 0.906. The van der Waals surface area contributed by atoms with E-state index >= 15 is 0 Å². The van der Waals surface area contributed by atoms with Crippen LogP contribution in [0.15, 0.2) is 18.2 Å². The molecule has 3 nitrogen and oxygen atoms in total. The van der Waals surface area contributed by atoms with E-state index in [-0.39, 0.29) is 0 Å². The van der Waals surface area contributed by atoms with Gasteiger partial charge in [-0.1, -0.05) is 6.07 Å². The number of methoxy groups -OCH3 is 1. The fourth-order valence-electron chi connectivity index (χ4n) is 2.51. The zero-order chi connectivity index (χ0) is 13.2. The number of hydrogen-bond donors (Lipinski definition) is 1. The molecular formula is C15H18N2OS. The highest BCUT2D eigenvalue weighted by Crippen LogP contribution is 2.38. The van der Waals surface area contributed by atoms with Crippen LogP contribution in [0.25, 0.3) is 11.3 Å². The standard InChI is InChI=1S/C15H18N2OS/c1-18-11-6-4-10-5-7-13-15(12(10)9-11)17-14(19-13)3-2-8-16/h4,6,9H,2-3,5,7-8,16H2,1H3. The predicted octanol–water partition coefficient (Wildman–Crippen LogP) is 2.81. The van der Waals surface area contributed by atoms with Crippen LogP contribution < -0.4 is 10.5 Å². The molecule has 0 bridgehead atoms. The third kappa shape index (κ3) is 2.38. The van der Waals surface area contributed by atoms with Crippen LogP contribution in [-0.4, -0.2) is 18.6 Å². The summed E-state index contributed by atoms with van der Waals surface area (Å²) in [5, 5.41) is 1.21. The first-order valence-electron chi connectivity index (χ1n) is 6.67. The summed E-state index contributed by atoms with van der Waals surface area (Å²) < 4.78 is 5.33. The molecule has 2 N–H and O–H groups in total. The number of ether oxygens (including phenoxy) is 1. The van der Waals surface area contributed by atoms with Crippen molar-refractivity contribution in [3.8, 4) is 17.0 Å². The highest BCUT2D eigenvalue weighted by atomic mass is 32.1. The minimum atomic E-state index is 0.731. The minimum absolute atomic E-state index is 0.731. The lowest BCUT2D eigenvalue weighted by atomic mass is 9.93. The largest absolute Gasteiger partial charge is 0.497 e. The number of aromatic nitrogens is 1. The molecule has 0 saturated carbocycles. The van der Waals surface area contributed by atoms with Gasteiger partial charge in [0.2, 0.25) is 0 Å². The molecule has 100 valence electrons. The highest BCUT2D eigenvalue weighted by Gasteiger charge is 2.21. The Morgan fingerprint density at radius 2 is 2.26 bits per heavy atom. The first kappa shape index (κ1) is 12.6. The van der Waals surface area contributed by atoms with E-state index < -0.39 is 0 Å². The van der Waals surface area contributed by atoms with Crippen molar-refractivity contribution in [2.75, 3.05) is 13.7 Å². The van der Waals surface area contributed by atoms with E-state index in [0.717, 1.165) is 43.7 Å². The normalized spacial score (nSPS) is 12.9. The van der Waals surface area contributed by atoms with Crippen LogP contribution in [0.2, 0.25) is 0 Å². The van der Waals surface area contributed by atoms with E-state index in [4.69, 9.17) is 15.5 Å². The topological polar surface area (TPSA) is 48.1 Å². The lowest BCUT2D eigenvalue weighted by Crippen LogP contribution is -2.02. The summed E-state index contributed by atoms with van der Waals surface area (Å²) in [7, 11) is 1.71. The fourth-order valence-corrected chi connectivity index (χ4v) is 3.63. The van der Waals surface area contributed by atoms with Gasteiger partial charge in [0.25, 0.3) is 0 Å². The third-order valence-electron chi connectivity index (χ3n) is 3.53. The average molecular weight is 274 g/mol. The van der Waals surface area contributed by atoms with Gasteiger partial charge >= 0.3 is 0 Å². The number of fused-ring (bicyclic) bond motifs is 3. The van der Waals surface area contributed by atoms with Crippen LogP contribution in [0, 0.1) is 0 Å². The molecule has 0 amide bonds. The lowest BCUT2D eigenvalue weighted by molar-refractivity contribution is 0.415. The van der Waals surface area contributed by atoms with Crippen molar-refractivity contribution in [1.29, 1.82) is 0 Å². The molecule has 1 aliphatic carbocycles. The highest BCUT2D eigenvalue weighted by molar-refractivity contribution is 7.12. The van der Waals surface area contributed by atoms with Gasteiger partial charge in [0, 0.05) is 16.9 Å². The summed E-state index contributed by atoms with van der Waals surface area (Å²) in [6.45, 7) is 0.731. The number of thiazole rings is 1. The Labute approximate surface area is 117 Å². The maximum Gasteiger partial charge on any atom is 0.119 e. The molecule has 0 spiro atoms. The van der Waals surface area contributed by atoms with E-state index in [1.807, 2.05) is 17.4 Å². The van der Waals surface area contributed by atoms with E-state index in [1.54, 1.807) is 7.11 Å². The van der Waals surface area contributed by atoms with Gasteiger partial charge in [-0.3, -0.25) is 0 Å². The average Bonchev–Trinajstić information content (AvgIpc) is 2.87. The Hall–Kier alpha value is -1.39. The maximum atomic E-state index is 5.57. The molecular weight excluding hydrogens is 256 g/mol. The van der Waals surface area contributed by atoms with E-state index in [2.05, 4.69) is 12.1 Å². The molecule has 1 aromatic carbocycles. The van der Waals surface area contributed by atoms with Crippen LogP contribution in [0.4, 0.5) is 0 Å². The quantitative estimate of drug-likeness (QED) is 0.932. The summed E-state index contributed by atoms with van der Waals surface area (Å²) >= 11 is 1.84. The van der Waals surface area contributed by atoms with Crippen molar-refractivity contribution in [2.24, 2.45) is 5.73 Å². The van der Waals surface area contributed by atoms with Crippen molar-refractivity contribution in [3.63, 3.8) is 0 Å². The van der Waals surface area contributed by atoms with Gasteiger partial charge in [-0.25, -0.2) is 4.98 Å². The van der Waals surface area contributed by atoms with Crippen molar-refractivity contribution in [3.05, 3.63) is 33.6 Å². The Bertz CT molecular complexity index is 592. The van der Waals surface area contributed by atoms with Crippen LogP contribution in [0.5, 0.6) is 5.75 Å². The number of nitrogens with two attached hydrogens (primary N) is 1. The third-order valence-corrected chi connectivity index (χ3v) is 4.70. The Morgan fingerprint density at radius 1 is 1.37 bits per heavy atom. The van der Waals surface area contributed by atoms with E-state index in [1.165, 1.54) is 21.0 Å². The number of benzene rings is 1. The summed E-state index contributed by atoms with van der Waals surface area (Å²) in [4.78, 5) is 6.22. The molecule has 0 radical (unpaired) electrons. The monoisotopic (exact) mass is 274 g/mol. The molecule has 3 rings (SSSR count). The summed E-state index contributed by atoms with van der Waals surface area (Å²) in [6, 6.07) is 6.31. The SMILES string of the molecule is COc1ccc2c(c1)-c1nc(CCCN)sc1CC2. The molecule has 0 aliphatic heterocycles. The second-order valence-electron chi connectivity index (χ2n) is 4.79. The number of nitrogens with zero attached hydrogens (tertiary/aromatic N) is 1. The van der Waals surface area contributed by atoms with Crippen LogP contribution in [-0.2, 0) is 19.3 Å². The molecule has 19 heavy (non-hydrogen) atoms. The van der Waals surface area contributed by atoms with Gasteiger partial charge in [0.1, 0.15) is 5.75 Å². The molecule has 4 heteroatoms. The second-order valence-corrected chi connectivity index (χ2v) is 5.96. The Kier molecular flexibility index (Phi) is 3.53. The molecule has 0 unspecified atom stereocenters. The zero-order valence-electron chi connectivity index (χ0n) is 11.1. The fraction of sp³-hybridized carbons (Fsp3) is 0.400. The lowest BCUT2D eigenvalue weighted by Gasteiger charge is -2.15. The zero-order valence-corrected chi connectivity index (χ0v) is 11.9. The Morgan fingerprint density at radius 3 is 3.05 bits per heavy atom. The minimum Gasteiger partial charge on any atom is -0.497 e. The van der Waals surface area contributed by atoms with Gasteiger partial charge in [-0.05, 0) is 43.5 Å². The van der Waals surface area contributed by atoms with Crippen LogP contribution >= 0.6 is 11.3 Å². The predicted molar refractivity (Wildman–Crippen MR) is 78.9 cm³/mol. The molecule has 1 heterocycles. The van der Waals surface area contributed by atoms with Crippen molar-refractivity contribution >= 4 is 11.3 Å². The number of hydrogen-bond acceptors (Lipinski definition) is 4. The summed E-state index contributed by atoms with van der Waals surface area (Å²) in [6.07, 6.45) is 4.21. The van der Waals surface area contributed by atoms with E-state index in [9.17, 15) is 0 Å². The van der Waals surface area contributed by atoms with Gasteiger partial charge in [-0.15, -0.1) is 11.3 Å². The van der Waals surface area contributed by atoms with Crippen molar-refractivity contribution in [1.82, 2.24) is 4.98 Å². The molecule has 0 saturated heterocycles. The number of rotatable bonds is 4. The van der Waals surface area contributed by atoms with Gasteiger partial charge in [0.05, 0.1) is 17.8 Å². The van der Waals surface area contributed by atoms with E-state index in [0.29, 0.717) is 0 Å². The second kappa shape index (κ2) is 5.31. The molecule has 2 aromatic rings. The van der Waals surface area contributed by atoms with Gasteiger partial charge in [-0.2, -0.15) is 0 Å². The van der Waals surface area contributed by atoms with Crippen molar-refractivity contribution in [2.45, 2.75) is 25.7 Å². The smallest absolute Gasteiger partial charge is 0.119 e. The van der Waals surface area contributed by atoms with Gasteiger partial charge < -0.3 is 10.5 Å².